The monoisotopic (exact) mass is 278 g/mol. The van der Waals surface area contributed by atoms with Crippen molar-refractivity contribution >= 4 is 17.6 Å². The van der Waals surface area contributed by atoms with Crippen molar-refractivity contribution in [1.29, 1.82) is 0 Å². The van der Waals surface area contributed by atoms with Crippen molar-refractivity contribution < 1.29 is 14.6 Å². The molecular weight excluding hydrogens is 268 g/mol. The Bertz CT molecular complexity index is 621. The van der Waals surface area contributed by atoms with Gasteiger partial charge in [0, 0.05) is 11.2 Å². The third-order valence-corrected chi connectivity index (χ3v) is 3.13. The summed E-state index contributed by atoms with van der Waals surface area (Å²) in [5.41, 5.74) is 1.61. The zero-order chi connectivity index (χ0) is 14.0. The average molecular weight is 279 g/mol. The number of aryl methyl sites for hydroxylation is 2. The second kappa shape index (κ2) is 5.24. The molecule has 5 nitrogen and oxygen atoms in total. The van der Waals surface area contributed by atoms with Gasteiger partial charge >= 0.3 is 5.97 Å². The molecule has 0 atom stereocenters. The van der Waals surface area contributed by atoms with E-state index in [4.69, 9.17) is 21.4 Å². The van der Waals surface area contributed by atoms with Crippen LogP contribution in [-0.2, 0) is 0 Å². The molecule has 0 aliphatic heterocycles. The minimum atomic E-state index is -1.14. The van der Waals surface area contributed by atoms with E-state index >= 15 is 0 Å². The highest BCUT2D eigenvalue weighted by Crippen LogP contribution is 2.29. The number of nitrogens with zero attached hydrogens (tertiary/aromatic N) is 2. The topological polar surface area (TPSA) is 72.3 Å². The molecule has 0 unspecified atom stereocenters. The second-order valence-corrected chi connectivity index (χ2v) is 4.40. The van der Waals surface area contributed by atoms with Gasteiger partial charge in [0.15, 0.2) is 0 Å². The molecule has 19 heavy (non-hydrogen) atoms. The van der Waals surface area contributed by atoms with E-state index in [9.17, 15) is 4.79 Å². The lowest BCUT2D eigenvalue weighted by Crippen LogP contribution is -2.03. The van der Waals surface area contributed by atoms with Gasteiger partial charge in [-0.2, -0.15) is 0 Å². The van der Waals surface area contributed by atoms with Crippen LogP contribution in [0.1, 0.15) is 21.5 Å². The Kier molecular flexibility index (Phi) is 3.66. The Labute approximate surface area is 114 Å². The van der Waals surface area contributed by atoms with Gasteiger partial charge in [-0.25, -0.2) is 14.8 Å². The number of halogens is 1. The third kappa shape index (κ3) is 2.82. The van der Waals surface area contributed by atoms with E-state index in [-0.39, 0.29) is 11.4 Å². The highest BCUT2D eigenvalue weighted by atomic mass is 35.5. The number of benzene rings is 1. The first-order valence-corrected chi connectivity index (χ1v) is 5.84. The number of aromatic carboxylic acids is 1. The molecule has 0 bridgehead atoms. The van der Waals surface area contributed by atoms with Crippen molar-refractivity contribution in [3.8, 4) is 11.6 Å². The molecule has 2 aromatic rings. The van der Waals surface area contributed by atoms with Crippen molar-refractivity contribution in [3.05, 3.63) is 46.4 Å². The molecule has 1 aromatic heterocycles. The summed E-state index contributed by atoms with van der Waals surface area (Å²) >= 11 is 6.06. The van der Waals surface area contributed by atoms with Crippen LogP contribution in [0.5, 0.6) is 11.6 Å². The van der Waals surface area contributed by atoms with Gasteiger partial charge in [-0.1, -0.05) is 11.6 Å². The van der Waals surface area contributed by atoms with Crippen LogP contribution in [0.25, 0.3) is 0 Å². The molecular formula is C13H11ClN2O3. The smallest absolute Gasteiger partial charge is 0.342 e. The molecule has 6 heteroatoms. The molecule has 0 aliphatic rings. The van der Waals surface area contributed by atoms with Crippen LogP contribution in [0.4, 0.5) is 0 Å². The molecule has 1 N–H and O–H groups in total. The lowest BCUT2D eigenvalue weighted by molar-refractivity contribution is 0.0693. The molecule has 0 saturated carbocycles. The molecule has 2 rings (SSSR count). The van der Waals surface area contributed by atoms with Gasteiger partial charge < -0.3 is 9.84 Å². The number of carbonyl (C=O) groups is 1. The maximum absolute atomic E-state index is 11.0. The molecule has 0 saturated heterocycles. The first kappa shape index (κ1) is 13.3. The fraction of sp³-hybridized carbons (Fsp3) is 0.154. The lowest BCUT2D eigenvalue weighted by Gasteiger charge is -2.10. The summed E-state index contributed by atoms with van der Waals surface area (Å²) in [7, 11) is 0. The summed E-state index contributed by atoms with van der Waals surface area (Å²) < 4.78 is 5.50. The van der Waals surface area contributed by atoms with E-state index in [1.165, 1.54) is 12.5 Å². The van der Waals surface area contributed by atoms with Crippen molar-refractivity contribution in [2.75, 3.05) is 0 Å². The predicted molar refractivity (Wildman–Crippen MR) is 70.0 cm³/mol. The Morgan fingerprint density at radius 1 is 1.32 bits per heavy atom. The standard InChI is InChI=1S/C13H11ClN2O3/c1-7-3-9(4-8(2)11(7)14)19-12-10(13(17)18)5-15-6-16-12/h3-6H,1-2H3,(H,17,18). The van der Waals surface area contributed by atoms with Crippen LogP contribution >= 0.6 is 11.6 Å². The van der Waals surface area contributed by atoms with Crippen LogP contribution < -0.4 is 4.74 Å². The van der Waals surface area contributed by atoms with Crippen LogP contribution in [0.3, 0.4) is 0 Å². The van der Waals surface area contributed by atoms with E-state index < -0.39 is 5.97 Å². The van der Waals surface area contributed by atoms with Crippen molar-refractivity contribution in [2.24, 2.45) is 0 Å². The number of hydrogen-bond donors (Lipinski definition) is 1. The summed E-state index contributed by atoms with van der Waals surface area (Å²) in [4.78, 5) is 18.5. The first-order valence-electron chi connectivity index (χ1n) is 5.47. The van der Waals surface area contributed by atoms with Crippen molar-refractivity contribution in [1.82, 2.24) is 9.97 Å². The van der Waals surface area contributed by atoms with E-state index in [1.54, 1.807) is 12.1 Å². The molecule has 0 spiro atoms. The average Bonchev–Trinajstić information content (AvgIpc) is 2.36. The fourth-order valence-corrected chi connectivity index (χ4v) is 1.73. The number of ether oxygens (including phenoxy) is 1. The van der Waals surface area contributed by atoms with E-state index in [0.717, 1.165) is 11.1 Å². The van der Waals surface area contributed by atoms with Gasteiger partial charge in [-0.3, -0.25) is 0 Å². The lowest BCUT2D eigenvalue weighted by atomic mass is 10.1. The SMILES string of the molecule is Cc1cc(Oc2ncncc2C(=O)O)cc(C)c1Cl. The van der Waals surface area contributed by atoms with Gasteiger partial charge in [0.1, 0.15) is 17.6 Å². The molecule has 0 fully saturated rings. The minimum Gasteiger partial charge on any atom is -0.477 e. The van der Waals surface area contributed by atoms with Gasteiger partial charge in [0.05, 0.1) is 0 Å². The van der Waals surface area contributed by atoms with Crippen molar-refractivity contribution in [2.45, 2.75) is 13.8 Å². The number of rotatable bonds is 3. The maximum atomic E-state index is 11.0. The third-order valence-electron chi connectivity index (χ3n) is 2.53. The summed E-state index contributed by atoms with van der Waals surface area (Å²) in [6.07, 6.45) is 2.43. The van der Waals surface area contributed by atoms with Gasteiger partial charge in [-0.15, -0.1) is 0 Å². The van der Waals surface area contributed by atoms with Crippen LogP contribution in [-0.4, -0.2) is 21.0 Å². The Morgan fingerprint density at radius 3 is 2.53 bits per heavy atom. The van der Waals surface area contributed by atoms with Gasteiger partial charge in [-0.05, 0) is 37.1 Å². The van der Waals surface area contributed by atoms with Gasteiger partial charge in [0.25, 0.3) is 0 Å². The maximum Gasteiger partial charge on any atom is 0.342 e. The van der Waals surface area contributed by atoms with Crippen molar-refractivity contribution in [3.63, 3.8) is 0 Å². The number of carboxylic acids is 1. The van der Waals surface area contributed by atoms with E-state index in [2.05, 4.69) is 9.97 Å². The molecule has 0 radical (unpaired) electrons. The largest absolute Gasteiger partial charge is 0.477 e. The summed E-state index contributed by atoms with van der Waals surface area (Å²) in [6, 6.07) is 3.45. The number of hydrogen-bond acceptors (Lipinski definition) is 4. The Morgan fingerprint density at radius 2 is 1.95 bits per heavy atom. The molecule has 1 heterocycles. The van der Waals surface area contributed by atoms with Crippen LogP contribution in [0.2, 0.25) is 5.02 Å². The minimum absolute atomic E-state index is 0.00335. The summed E-state index contributed by atoms with van der Waals surface area (Å²) in [5, 5.41) is 9.68. The van der Waals surface area contributed by atoms with E-state index in [0.29, 0.717) is 10.8 Å². The number of carboxylic acid groups (broad SMARTS) is 1. The fourth-order valence-electron chi connectivity index (χ4n) is 1.62. The zero-order valence-electron chi connectivity index (χ0n) is 10.3. The quantitative estimate of drug-likeness (QED) is 0.933. The van der Waals surface area contributed by atoms with Crippen LogP contribution in [0.15, 0.2) is 24.7 Å². The Balaban J connectivity index is 2.39. The van der Waals surface area contributed by atoms with E-state index in [1.807, 2.05) is 13.8 Å². The highest BCUT2D eigenvalue weighted by molar-refractivity contribution is 6.32. The second-order valence-electron chi connectivity index (χ2n) is 4.02. The molecule has 0 aliphatic carbocycles. The Hall–Kier alpha value is -2.14. The normalized spacial score (nSPS) is 10.3. The van der Waals surface area contributed by atoms with Gasteiger partial charge in [0.2, 0.25) is 5.88 Å². The predicted octanol–water partition coefficient (Wildman–Crippen LogP) is 3.24. The summed E-state index contributed by atoms with van der Waals surface area (Å²) in [6.45, 7) is 3.69. The first-order chi connectivity index (χ1) is 8.99. The number of aromatic nitrogens is 2. The summed E-state index contributed by atoms with van der Waals surface area (Å²) in [5.74, 6) is -0.651. The molecule has 98 valence electrons. The zero-order valence-corrected chi connectivity index (χ0v) is 11.1. The molecule has 1 aromatic carbocycles. The highest BCUT2D eigenvalue weighted by Gasteiger charge is 2.14. The van der Waals surface area contributed by atoms with Crippen LogP contribution in [0, 0.1) is 13.8 Å². The molecule has 0 amide bonds.